The zero-order chi connectivity index (χ0) is 18.8. The van der Waals surface area contributed by atoms with Gasteiger partial charge in [0.15, 0.2) is 5.11 Å². The van der Waals surface area contributed by atoms with E-state index in [0.29, 0.717) is 10.6 Å². The van der Waals surface area contributed by atoms with Crippen molar-refractivity contribution in [3.63, 3.8) is 0 Å². The van der Waals surface area contributed by atoms with Gasteiger partial charge in [-0.05, 0) is 55.0 Å². The van der Waals surface area contributed by atoms with Crippen LogP contribution in [0.4, 0.5) is 5.69 Å². The quantitative estimate of drug-likeness (QED) is 0.466. The highest BCUT2D eigenvalue weighted by atomic mass is 35.5. The van der Waals surface area contributed by atoms with E-state index in [4.69, 9.17) is 28.6 Å². The molecular formula is C20H23ClN2O2S. The molecule has 0 aromatic heterocycles. The number of hydrogen-bond donors (Lipinski definition) is 2. The first-order valence-corrected chi connectivity index (χ1v) is 9.48. The average molecular weight is 391 g/mol. The number of halogens is 1. The van der Waals surface area contributed by atoms with Crippen molar-refractivity contribution in [2.75, 3.05) is 11.9 Å². The minimum absolute atomic E-state index is 0.211. The molecule has 6 heteroatoms. The van der Waals surface area contributed by atoms with Crippen molar-refractivity contribution >= 4 is 40.5 Å². The largest absolute Gasteiger partial charge is 0.494 e. The van der Waals surface area contributed by atoms with Crippen LogP contribution in [0.5, 0.6) is 5.75 Å². The van der Waals surface area contributed by atoms with E-state index in [1.807, 2.05) is 24.3 Å². The molecule has 0 heterocycles. The number of ether oxygens (including phenoxy) is 1. The SMILES string of the molecule is CCCCCCOc1ccc(NC(=S)NC(=O)c2ccccc2Cl)cc1. The van der Waals surface area contributed by atoms with Crippen LogP contribution in [0.15, 0.2) is 48.5 Å². The molecule has 0 atom stereocenters. The van der Waals surface area contributed by atoms with Gasteiger partial charge in [0.25, 0.3) is 5.91 Å². The Kier molecular flexibility index (Phi) is 8.38. The van der Waals surface area contributed by atoms with Crippen LogP contribution < -0.4 is 15.4 Å². The predicted octanol–water partition coefficient (Wildman–Crippen LogP) is 5.43. The molecule has 2 N–H and O–H groups in total. The van der Waals surface area contributed by atoms with Crippen molar-refractivity contribution in [2.45, 2.75) is 32.6 Å². The van der Waals surface area contributed by atoms with Crippen LogP contribution in [0.3, 0.4) is 0 Å². The van der Waals surface area contributed by atoms with E-state index in [2.05, 4.69) is 17.6 Å². The molecule has 138 valence electrons. The van der Waals surface area contributed by atoms with Crippen LogP contribution in [-0.4, -0.2) is 17.6 Å². The summed E-state index contributed by atoms with van der Waals surface area (Å²) in [7, 11) is 0. The highest BCUT2D eigenvalue weighted by Crippen LogP contribution is 2.17. The van der Waals surface area contributed by atoms with Crippen molar-refractivity contribution < 1.29 is 9.53 Å². The van der Waals surface area contributed by atoms with E-state index in [-0.39, 0.29) is 11.0 Å². The first-order valence-electron chi connectivity index (χ1n) is 8.70. The van der Waals surface area contributed by atoms with E-state index in [1.165, 1.54) is 19.3 Å². The van der Waals surface area contributed by atoms with E-state index in [1.54, 1.807) is 24.3 Å². The van der Waals surface area contributed by atoms with Crippen LogP contribution in [0, 0.1) is 0 Å². The molecule has 0 saturated heterocycles. The minimum Gasteiger partial charge on any atom is -0.494 e. The molecule has 1 amide bonds. The molecule has 0 aliphatic rings. The zero-order valence-corrected chi connectivity index (χ0v) is 16.3. The molecule has 0 radical (unpaired) electrons. The molecule has 0 aliphatic heterocycles. The van der Waals surface area contributed by atoms with Crippen molar-refractivity contribution in [3.05, 3.63) is 59.1 Å². The Hall–Kier alpha value is -2.11. The second kappa shape index (κ2) is 10.8. The van der Waals surface area contributed by atoms with Gasteiger partial charge in [-0.2, -0.15) is 0 Å². The number of unbranched alkanes of at least 4 members (excludes halogenated alkanes) is 3. The van der Waals surface area contributed by atoms with Gasteiger partial charge in [0.1, 0.15) is 5.75 Å². The fourth-order valence-electron chi connectivity index (χ4n) is 2.33. The molecule has 2 aromatic carbocycles. The van der Waals surface area contributed by atoms with Crippen molar-refractivity contribution in [2.24, 2.45) is 0 Å². The third-order valence-corrected chi connectivity index (χ3v) is 4.26. The van der Waals surface area contributed by atoms with Gasteiger partial charge in [0, 0.05) is 5.69 Å². The summed E-state index contributed by atoms with van der Waals surface area (Å²) in [5.41, 5.74) is 1.15. The lowest BCUT2D eigenvalue weighted by molar-refractivity contribution is 0.0978. The molecule has 4 nitrogen and oxygen atoms in total. The number of anilines is 1. The van der Waals surface area contributed by atoms with Crippen molar-refractivity contribution in [1.82, 2.24) is 5.32 Å². The number of amides is 1. The fraction of sp³-hybridized carbons (Fsp3) is 0.300. The number of benzene rings is 2. The summed E-state index contributed by atoms with van der Waals surface area (Å²) >= 11 is 11.2. The maximum Gasteiger partial charge on any atom is 0.258 e. The van der Waals surface area contributed by atoms with E-state index >= 15 is 0 Å². The first-order chi connectivity index (χ1) is 12.6. The highest BCUT2D eigenvalue weighted by molar-refractivity contribution is 7.80. The van der Waals surface area contributed by atoms with Gasteiger partial charge < -0.3 is 10.1 Å². The molecule has 2 rings (SSSR count). The van der Waals surface area contributed by atoms with Gasteiger partial charge in [-0.15, -0.1) is 0 Å². The van der Waals surface area contributed by atoms with Gasteiger partial charge in [-0.25, -0.2) is 0 Å². The molecule has 2 aromatic rings. The topological polar surface area (TPSA) is 50.4 Å². The maximum absolute atomic E-state index is 12.2. The maximum atomic E-state index is 12.2. The van der Waals surface area contributed by atoms with Crippen LogP contribution in [0.1, 0.15) is 43.0 Å². The Morgan fingerprint density at radius 1 is 1.08 bits per heavy atom. The molecular weight excluding hydrogens is 368 g/mol. The van der Waals surface area contributed by atoms with E-state index in [0.717, 1.165) is 24.5 Å². The predicted molar refractivity (Wildman–Crippen MR) is 111 cm³/mol. The van der Waals surface area contributed by atoms with Crippen LogP contribution in [0.25, 0.3) is 0 Å². The summed E-state index contributed by atoms with van der Waals surface area (Å²) in [6, 6.07) is 14.3. The molecule has 0 saturated carbocycles. The lowest BCUT2D eigenvalue weighted by atomic mass is 10.2. The van der Waals surface area contributed by atoms with Crippen molar-refractivity contribution in [1.29, 1.82) is 0 Å². The summed E-state index contributed by atoms with van der Waals surface area (Å²) in [4.78, 5) is 12.2. The Morgan fingerprint density at radius 3 is 2.50 bits per heavy atom. The van der Waals surface area contributed by atoms with Gasteiger partial charge in [0.2, 0.25) is 0 Å². The lowest BCUT2D eigenvalue weighted by Crippen LogP contribution is -2.34. The molecule has 0 fully saturated rings. The van der Waals surface area contributed by atoms with E-state index < -0.39 is 0 Å². The Balaban J connectivity index is 1.80. The summed E-state index contributed by atoms with van der Waals surface area (Å²) in [5.74, 6) is 0.471. The summed E-state index contributed by atoms with van der Waals surface area (Å²) in [6.07, 6.45) is 4.71. The monoisotopic (exact) mass is 390 g/mol. The fourth-order valence-corrected chi connectivity index (χ4v) is 2.76. The van der Waals surface area contributed by atoms with Gasteiger partial charge in [0.05, 0.1) is 17.2 Å². The Labute approximate surface area is 164 Å². The zero-order valence-electron chi connectivity index (χ0n) is 14.8. The number of carbonyl (C=O) groups excluding carboxylic acids is 1. The van der Waals surface area contributed by atoms with Crippen LogP contribution in [-0.2, 0) is 0 Å². The summed E-state index contributed by atoms with van der Waals surface area (Å²) < 4.78 is 5.70. The van der Waals surface area contributed by atoms with Gasteiger partial charge in [-0.1, -0.05) is 49.9 Å². The summed E-state index contributed by atoms with van der Waals surface area (Å²) in [5, 5.41) is 6.19. The van der Waals surface area contributed by atoms with Gasteiger partial charge >= 0.3 is 0 Å². The van der Waals surface area contributed by atoms with Crippen LogP contribution >= 0.6 is 23.8 Å². The Bertz CT molecular complexity index is 735. The number of hydrogen-bond acceptors (Lipinski definition) is 3. The number of nitrogens with one attached hydrogen (secondary N) is 2. The highest BCUT2D eigenvalue weighted by Gasteiger charge is 2.11. The summed E-state index contributed by atoms with van der Waals surface area (Å²) in [6.45, 7) is 2.91. The Morgan fingerprint density at radius 2 is 1.81 bits per heavy atom. The molecule has 26 heavy (non-hydrogen) atoms. The second-order valence-electron chi connectivity index (χ2n) is 5.82. The molecule has 0 bridgehead atoms. The number of carbonyl (C=O) groups is 1. The molecule has 0 spiro atoms. The second-order valence-corrected chi connectivity index (χ2v) is 6.64. The normalized spacial score (nSPS) is 10.2. The average Bonchev–Trinajstić information content (AvgIpc) is 2.63. The van der Waals surface area contributed by atoms with E-state index in [9.17, 15) is 4.79 Å². The van der Waals surface area contributed by atoms with Crippen LogP contribution in [0.2, 0.25) is 5.02 Å². The molecule has 0 unspecified atom stereocenters. The van der Waals surface area contributed by atoms with Gasteiger partial charge in [-0.3, -0.25) is 10.1 Å². The minimum atomic E-state index is -0.347. The number of thiocarbonyl (C=S) groups is 1. The first kappa shape index (κ1) is 20.2. The van der Waals surface area contributed by atoms with Crippen molar-refractivity contribution in [3.8, 4) is 5.75 Å². The standard InChI is InChI=1S/C20H23ClN2O2S/c1-2-3-4-7-14-25-16-12-10-15(11-13-16)22-20(26)23-19(24)17-8-5-6-9-18(17)21/h5-6,8-13H,2-4,7,14H2,1H3,(H2,22,23,24,26). The third kappa shape index (κ3) is 6.65. The smallest absolute Gasteiger partial charge is 0.258 e. The third-order valence-electron chi connectivity index (χ3n) is 3.72. The molecule has 0 aliphatic carbocycles. The lowest BCUT2D eigenvalue weighted by Gasteiger charge is -2.11. The number of rotatable bonds is 8.